The van der Waals surface area contributed by atoms with E-state index in [1.807, 2.05) is 30.3 Å². The van der Waals surface area contributed by atoms with Gasteiger partial charge in [-0.25, -0.2) is 0 Å². The van der Waals surface area contributed by atoms with Crippen LogP contribution in [0.1, 0.15) is 25.7 Å². The van der Waals surface area contributed by atoms with Gasteiger partial charge in [-0.1, -0.05) is 18.2 Å². The zero-order chi connectivity index (χ0) is 14.4. The van der Waals surface area contributed by atoms with Crippen LogP contribution in [0.25, 0.3) is 0 Å². The molecule has 0 saturated heterocycles. The van der Waals surface area contributed by atoms with Crippen LogP contribution in [0.2, 0.25) is 0 Å². The van der Waals surface area contributed by atoms with Crippen molar-refractivity contribution in [2.45, 2.75) is 36.6 Å². The van der Waals surface area contributed by atoms with Crippen molar-refractivity contribution < 1.29 is 4.79 Å². The van der Waals surface area contributed by atoms with Crippen molar-refractivity contribution in [3.63, 3.8) is 0 Å². The van der Waals surface area contributed by atoms with Crippen LogP contribution in [0.15, 0.2) is 41.8 Å². The summed E-state index contributed by atoms with van der Waals surface area (Å²) in [6.45, 7) is 3.73. The maximum Gasteiger partial charge on any atom is 0.227 e. The maximum absolute atomic E-state index is 12.3. The highest BCUT2D eigenvalue weighted by Crippen LogP contribution is 2.29. The van der Waals surface area contributed by atoms with Gasteiger partial charge in [0.15, 0.2) is 0 Å². The van der Waals surface area contributed by atoms with Gasteiger partial charge in [0, 0.05) is 22.6 Å². The zero-order valence-electron chi connectivity index (χ0n) is 11.7. The summed E-state index contributed by atoms with van der Waals surface area (Å²) in [5, 5.41) is 3.07. The molecular formula is C16H22N2OS. The molecule has 20 heavy (non-hydrogen) atoms. The Morgan fingerprint density at radius 3 is 2.75 bits per heavy atom. The quantitative estimate of drug-likeness (QED) is 0.645. The predicted molar refractivity (Wildman–Crippen MR) is 85.9 cm³/mol. The molecule has 1 saturated carbocycles. The van der Waals surface area contributed by atoms with Gasteiger partial charge in [0.05, 0.1) is 5.69 Å². The van der Waals surface area contributed by atoms with E-state index in [-0.39, 0.29) is 17.9 Å². The molecular weight excluding hydrogens is 268 g/mol. The Balaban J connectivity index is 1.98. The summed E-state index contributed by atoms with van der Waals surface area (Å²) >= 11 is 1.68. The molecule has 3 nitrogen and oxygen atoms in total. The minimum absolute atomic E-state index is 0.104. The van der Waals surface area contributed by atoms with E-state index in [9.17, 15) is 4.79 Å². The highest BCUT2D eigenvalue weighted by Gasteiger charge is 2.24. The molecule has 1 aliphatic rings. The molecule has 0 bridgehead atoms. The third-order valence-electron chi connectivity index (χ3n) is 3.64. The highest BCUT2D eigenvalue weighted by atomic mass is 32.2. The average Bonchev–Trinajstić information content (AvgIpc) is 2.47. The number of carbonyl (C=O) groups excluding carboxylic acids is 1. The minimum Gasteiger partial charge on any atom is -0.328 e. The van der Waals surface area contributed by atoms with Gasteiger partial charge in [0.2, 0.25) is 5.91 Å². The number of hydrogen-bond donors (Lipinski definition) is 2. The van der Waals surface area contributed by atoms with Crippen molar-refractivity contribution in [1.29, 1.82) is 0 Å². The normalized spacial score (nSPS) is 22.2. The smallest absolute Gasteiger partial charge is 0.227 e. The van der Waals surface area contributed by atoms with Crippen molar-refractivity contribution in [2.24, 2.45) is 11.7 Å². The van der Waals surface area contributed by atoms with Gasteiger partial charge >= 0.3 is 0 Å². The van der Waals surface area contributed by atoms with E-state index in [0.717, 1.165) is 42.0 Å². The highest BCUT2D eigenvalue weighted by molar-refractivity contribution is 7.99. The molecule has 4 heteroatoms. The molecule has 0 atom stereocenters. The lowest BCUT2D eigenvalue weighted by molar-refractivity contribution is -0.120. The van der Waals surface area contributed by atoms with Crippen molar-refractivity contribution >= 4 is 23.4 Å². The first-order valence-corrected chi connectivity index (χ1v) is 8.08. The van der Waals surface area contributed by atoms with Crippen LogP contribution in [0.4, 0.5) is 5.69 Å². The van der Waals surface area contributed by atoms with E-state index in [0.29, 0.717) is 0 Å². The Hall–Kier alpha value is -1.26. The average molecular weight is 290 g/mol. The molecule has 2 rings (SSSR count). The maximum atomic E-state index is 12.3. The first-order chi connectivity index (χ1) is 9.70. The fraction of sp³-hybridized carbons (Fsp3) is 0.438. The zero-order valence-corrected chi connectivity index (χ0v) is 12.5. The molecule has 0 aliphatic heterocycles. The van der Waals surface area contributed by atoms with E-state index in [1.165, 1.54) is 0 Å². The van der Waals surface area contributed by atoms with Gasteiger partial charge < -0.3 is 11.1 Å². The van der Waals surface area contributed by atoms with Crippen LogP contribution in [0.3, 0.4) is 0 Å². The van der Waals surface area contributed by atoms with Gasteiger partial charge in [-0.2, -0.15) is 0 Å². The number of rotatable bonds is 5. The first kappa shape index (κ1) is 15.1. The largest absolute Gasteiger partial charge is 0.328 e. The second-order valence-electron chi connectivity index (χ2n) is 5.20. The van der Waals surface area contributed by atoms with Gasteiger partial charge in [-0.3, -0.25) is 4.79 Å². The molecule has 1 aromatic rings. The number of hydrogen-bond acceptors (Lipinski definition) is 3. The summed E-state index contributed by atoms with van der Waals surface area (Å²) in [6, 6.07) is 8.19. The number of nitrogens with two attached hydrogens (primary N) is 1. The summed E-state index contributed by atoms with van der Waals surface area (Å²) in [4.78, 5) is 13.4. The molecule has 0 aromatic heterocycles. The third kappa shape index (κ3) is 4.12. The lowest BCUT2D eigenvalue weighted by atomic mass is 9.86. The summed E-state index contributed by atoms with van der Waals surface area (Å²) in [7, 11) is 0. The number of nitrogens with one attached hydrogen (secondary N) is 1. The molecule has 1 aromatic carbocycles. The van der Waals surface area contributed by atoms with Crippen LogP contribution in [-0.4, -0.2) is 17.7 Å². The Morgan fingerprint density at radius 1 is 1.35 bits per heavy atom. The number of para-hydroxylation sites is 1. The van der Waals surface area contributed by atoms with Crippen LogP contribution in [-0.2, 0) is 4.79 Å². The summed E-state index contributed by atoms with van der Waals surface area (Å²) in [5.74, 6) is 1.07. The van der Waals surface area contributed by atoms with Gasteiger partial charge in [0.25, 0.3) is 0 Å². The van der Waals surface area contributed by atoms with Gasteiger partial charge in [0.1, 0.15) is 0 Å². The predicted octanol–water partition coefficient (Wildman–Crippen LogP) is 3.42. The molecule has 1 amide bonds. The summed E-state index contributed by atoms with van der Waals surface area (Å²) in [5.41, 5.74) is 6.79. The molecule has 1 fully saturated rings. The standard InChI is InChI=1S/C16H22N2OS/c1-2-11-20-15-6-4-3-5-14(15)18-16(19)12-7-9-13(17)10-8-12/h2-6,12-13H,1,7-11,17H2,(H,18,19). The van der Waals surface area contributed by atoms with E-state index in [4.69, 9.17) is 5.73 Å². The molecule has 0 heterocycles. The van der Waals surface area contributed by atoms with Crippen molar-refractivity contribution in [1.82, 2.24) is 0 Å². The van der Waals surface area contributed by atoms with Gasteiger partial charge in [-0.05, 0) is 37.8 Å². The van der Waals surface area contributed by atoms with E-state index in [1.54, 1.807) is 11.8 Å². The lowest BCUT2D eigenvalue weighted by Crippen LogP contribution is -2.32. The molecule has 0 spiro atoms. The number of thioether (sulfide) groups is 1. The van der Waals surface area contributed by atoms with Gasteiger partial charge in [-0.15, -0.1) is 18.3 Å². The number of amides is 1. The minimum atomic E-state index is 0.104. The monoisotopic (exact) mass is 290 g/mol. The second kappa shape index (κ2) is 7.50. The molecule has 1 aliphatic carbocycles. The summed E-state index contributed by atoms with van der Waals surface area (Å²) < 4.78 is 0. The lowest BCUT2D eigenvalue weighted by Gasteiger charge is -2.25. The second-order valence-corrected chi connectivity index (χ2v) is 6.26. The molecule has 108 valence electrons. The number of benzene rings is 1. The Labute approximate surface area is 125 Å². The Bertz CT molecular complexity index is 467. The fourth-order valence-electron chi connectivity index (χ4n) is 2.46. The van der Waals surface area contributed by atoms with Crippen molar-refractivity contribution in [2.75, 3.05) is 11.1 Å². The van der Waals surface area contributed by atoms with Crippen LogP contribution < -0.4 is 11.1 Å². The van der Waals surface area contributed by atoms with Crippen LogP contribution in [0.5, 0.6) is 0 Å². The van der Waals surface area contributed by atoms with E-state index >= 15 is 0 Å². The van der Waals surface area contributed by atoms with E-state index in [2.05, 4.69) is 11.9 Å². The fourth-order valence-corrected chi connectivity index (χ4v) is 3.21. The topological polar surface area (TPSA) is 55.1 Å². The molecule has 0 radical (unpaired) electrons. The third-order valence-corrected chi connectivity index (χ3v) is 4.71. The van der Waals surface area contributed by atoms with Crippen molar-refractivity contribution in [3.05, 3.63) is 36.9 Å². The van der Waals surface area contributed by atoms with Crippen LogP contribution in [0, 0.1) is 5.92 Å². The number of anilines is 1. The Kier molecular flexibility index (Phi) is 5.68. The Morgan fingerprint density at radius 2 is 2.05 bits per heavy atom. The SMILES string of the molecule is C=CCSc1ccccc1NC(=O)C1CCC(N)CC1. The molecule has 3 N–H and O–H groups in total. The van der Waals surface area contributed by atoms with Crippen molar-refractivity contribution in [3.8, 4) is 0 Å². The van der Waals surface area contributed by atoms with E-state index < -0.39 is 0 Å². The number of carbonyl (C=O) groups is 1. The first-order valence-electron chi connectivity index (χ1n) is 7.10. The summed E-state index contributed by atoms with van der Waals surface area (Å²) in [6.07, 6.45) is 5.56. The molecule has 0 unspecified atom stereocenters. The van der Waals surface area contributed by atoms with Crippen LogP contribution >= 0.6 is 11.8 Å².